The number of halogens is 3. The van der Waals surface area contributed by atoms with E-state index < -0.39 is 0 Å². The minimum Gasteiger partial charge on any atom is -0.379 e. The van der Waals surface area contributed by atoms with E-state index in [2.05, 4.69) is 5.32 Å². The molecule has 0 aliphatic heterocycles. The Bertz CT molecular complexity index is 518. The van der Waals surface area contributed by atoms with Crippen molar-refractivity contribution in [3.8, 4) is 0 Å². The minimum atomic E-state index is -0.353. The van der Waals surface area contributed by atoms with Gasteiger partial charge in [0.25, 0.3) is 0 Å². The van der Waals surface area contributed by atoms with E-state index in [1.54, 1.807) is 12.1 Å². The van der Waals surface area contributed by atoms with E-state index in [1.807, 2.05) is 25.1 Å². The Kier molecular flexibility index (Phi) is 4.10. The number of benzene rings is 2. The first-order chi connectivity index (χ1) is 8.56. The predicted molar refractivity (Wildman–Crippen MR) is 74.9 cm³/mol. The van der Waals surface area contributed by atoms with Crippen molar-refractivity contribution < 1.29 is 4.39 Å². The molecule has 0 bridgehead atoms. The van der Waals surface area contributed by atoms with Gasteiger partial charge in [-0.2, -0.15) is 0 Å². The molecule has 0 unspecified atom stereocenters. The van der Waals surface area contributed by atoms with E-state index >= 15 is 0 Å². The van der Waals surface area contributed by atoms with Gasteiger partial charge in [-0.25, -0.2) is 4.39 Å². The highest BCUT2D eigenvalue weighted by Crippen LogP contribution is 2.21. The number of nitrogens with one attached hydrogen (secondary N) is 1. The molecule has 0 aliphatic rings. The Labute approximate surface area is 116 Å². The molecule has 4 heteroatoms. The lowest BCUT2D eigenvalue weighted by Crippen LogP contribution is -2.02. The van der Waals surface area contributed by atoms with Gasteiger partial charge in [-0.15, -0.1) is 0 Å². The van der Waals surface area contributed by atoms with Gasteiger partial charge in [-0.1, -0.05) is 29.3 Å². The highest BCUT2D eigenvalue weighted by atomic mass is 35.5. The van der Waals surface area contributed by atoms with E-state index in [4.69, 9.17) is 23.2 Å². The number of anilines is 1. The molecule has 0 fully saturated rings. The third-order valence-corrected chi connectivity index (χ3v) is 3.18. The lowest BCUT2D eigenvalue weighted by Gasteiger charge is -2.10. The summed E-state index contributed by atoms with van der Waals surface area (Å²) in [5.41, 5.74) is 2.59. The van der Waals surface area contributed by atoms with E-state index in [0.29, 0.717) is 22.3 Å². The summed E-state index contributed by atoms with van der Waals surface area (Å²) in [6, 6.07) is 10.2. The number of aryl methyl sites for hydroxylation is 1. The Hall–Kier alpha value is -1.25. The van der Waals surface area contributed by atoms with Crippen LogP contribution in [0.2, 0.25) is 10.0 Å². The van der Waals surface area contributed by atoms with Crippen LogP contribution in [0.25, 0.3) is 0 Å². The van der Waals surface area contributed by atoms with Gasteiger partial charge in [0.15, 0.2) is 0 Å². The van der Waals surface area contributed by atoms with Crippen LogP contribution in [0.5, 0.6) is 0 Å². The Morgan fingerprint density at radius 3 is 2.39 bits per heavy atom. The topological polar surface area (TPSA) is 12.0 Å². The summed E-state index contributed by atoms with van der Waals surface area (Å²) >= 11 is 11.6. The highest BCUT2D eigenvalue weighted by Gasteiger charge is 2.04. The average molecular weight is 284 g/mol. The van der Waals surface area contributed by atoms with Crippen LogP contribution in [0, 0.1) is 12.7 Å². The Morgan fingerprint density at radius 2 is 1.72 bits per heavy atom. The monoisotopic (exact) mass is 283 g/mol. The molecule has 0 saturated heterocycles. The zero-order chi connectivity index (χ0) is 13.1. The second-order valence-electron chi connectivity index (χ2n) is 4.05. The van der Waals surface area contributed by atoms with Crippen LogP contribution in [0.3, 0.4) is 0 Å². The molecule has 0 radical (unpaired) electrons. The van der Waals surface area contributed by atoms with Crippen molar-refractivity contribution in [2.45, 2.75) is 13.5 Å². The maximum Gasteiger partial charge on any atom is 0.147 e. The first-order valence-corrected chi connectivity index (χ1v) is 6.26. The molecule has 0 atom stereocenters. The van der Waals surface area contributed by atoms with Gasteiger partial charge in [0.2, 0.25) is 0 Å². The fraction of sp³-hybridized carbons (Fsp3) is 0.143. The average Bonchev–Trinajstić information content (AvgIpc) is 2.30. The Morgan fingerprint density at radius 1 is 1.06 bits per heavy atom. The van der Waals surface area contributed by atoms with Crippen LogP contribution in [-0.2, 0) is 6.54 Å². The molecule has 1 nitrogen and oxygen atoms in total. The van der Waals surface area contributed by atoms with Crippen LogP contribution in [-0.4, -0.2) is 0 Å². The largest absolute Gasteiger partial charge is 0.379 e. The highest BCUT2D eigenvalue weighted by molar-refractivity contribution is 6.30. The van der Waals surface area contributed by atoms with E-state index in [1.165, 1.54) is 6.07 Å². The molecular weight excluding hydrogens is 272 g/mol. The van der Waals surface area contributed by atoms with Crippen molar-refractivity contribution in [2.75, 3.05) is 5.32 Å². The molecule has 2 aromatic rings. The van der Waals surface area contributed by atoms with Crippen molar-refractivity contribution >= 4 is 28.9 Å². The summed E-state index contributed by atoms with van der Waals surface area (Å²) in [5.74, 6) is -0.353. The lowest BCUT2D eigenvalue weighted by molar-refractivity contribution is 0.630. The van der Waals surface area contributed by atoms with Crippen molar-refractivity contribution in [3.63, 3.8) is 0 Å². The zero-order valence-electron chi connectivity index (χ0n) is 9.81. The molecule has 94 valence electrons. The van der Waals surface area contributed by atoms with Crippen LogP contribution in [0.15, 0.2) is 36.4 Å². The molecule has 0 heterocycles. The number of hydrogen-bond acceptors (Lipinski definition) is 1. The van der Waals surface area contributed by atoms with Gasteiger partial charge in [-0.05, 0) is 48.4 Å². The van der Waals surface area contributed by atoms with Crippen LogP contribution in [0.1, 0.15) is 11.1 Å². The molecule has 18 heavy (non-hydrogen) atoms. The SMILES string of the molecule is Cc1cc(Cl)ccc1CNc1ccc(Cl)cc1F. The van der Waals surface area contributed by atoms with Gasteiger partial charge in [0.05, 0.1) is 5.69 Å². The normalized spacial score (nSPS) is 10.4. The number of hydrogen-bond donors (Lipinski definition) is 1. The fourth-order valence-corrected chi connectivity index (χ4v) is 2.07. The maximum absolute atomic E-state index is 13.5. The fourth-order valence-electron chi connectivity index (χ4n) is 1.68. The standard InChI is InChI=1S/C14H12Cl2FN/c1-9-6-11(15)3-2-10(9)8-18-14-5-4-12(16)7-13(14)17/h2-7,18H,8H2,1H3. The van der Waals surface area contributed by atoms with Crippen LogP contribution < -0.4 is 5.32 Å². The van der Waals surface area contributed by atoms with Crippen molar-refractivity contribution in [1.82, 2.24) is 0 Å². The summed E-state index contributed by atoms with van der Waals surface area (Å²) in [5, 5.41) is 4.13. The van der Waals surface area contributed by atoms with Gasteiger partial charge in [0.1, 0.15) is 5.82 Å². The summed E-state index contributed by atoms with van der Waals surface area (Å²) < 4.78 is 13.5. The Balaban J connectivity index is 2.11. The first kappa shape index (κ1) is 13.2. The van der Waals surface area contributed by atoms with Crippen molar-refractivity contribution in [1.29, 1.82) is 0 Å². The summed E-state index contributed by atoms with van der Waals surface area (Å²) in [4.78, 5) is 0. The molecule has 2 aromatic carbocycles. The molecule has 0 aromatic heterocycles. The molecule has 0 saturated carbocycles. The molecular formula is C14H12Cl2FN. The van der Waals surface area contributed by atoms with Crippen LogP contribution >= 0.6 is 23.2 Å². The molecule has 0 amide bonds. The third kappa shape index (κ3) is 3.15. The molecule has 0 spiro atoms. The second kappa shape index (κ2) is 5.59. The quantitative estimate of drug-likeness (QED) is 0.831. The van der Waals surface area contributed by atoms with E-state index in [-0.39, 0.29) is 5.82 Å². The van der Waals surface area contributed by atoms with E-state index in [0.717, 1.165) is 11.1 Å². The van der Waals surface area contributed by atoms with Crippen molar-refractivity contribution in [3.05, 3.63) is 63.4 Å². The smallest absolute Gasteiger partial charge is 0.147 e. The molecule has 0 aliphatic carbocycles. The number of rotatable bonds is 3. The van der Waals surface area contributed by atoms with Crippen molar-refractivity contribution in [2.24, 2.45) is 0 Å². The summed E-state index contributed by atoms with van der Waals surface area (Å²) in [6.07, 6.45) is 0. The predicted octanol–water partition coefficient (Wildman–Crippen LogP) is 5.05. The summed E-state index contributed by atoms with van der Waals surface area (Å²) in [7, 11) is 0. The first-order valence-electron chi connectivity index (χ1n) is 5.50. The molecule has 1 N–H and O–H groups in total. The van der Waals surface area contributed by atoms with Gasteiger partial charge in [0, 0.05) is 16.6 Å². The molecule has 2 rings (SSSR count). The maximum atomic E-state index is 13.5. The lowest BCUT2D eigenvalue weighted by atomic mass is 10.1. The van der Waals surface area contributed by atoms with Gasteiger partial charge >= 0.3 is 0 Å². The summed E-state index contributed by atoms with van der Waals surface area (Å²) in [6.45, 7) is 2.52. The van der Waals surface area contributed by atoms with E-state index in [9.17, 15) is 4.39 Å². The van der Waals surface area contributed by atoms with Gasteiger partial charge in [-0.3, -0.25) is 0 Å². The van der Waals surface area contributed by atoms with Gasteiger partial charge < -0.3 is 5.32 Å². The zero-order valence-corrected chi connectivity index (χ0v) is 11.3. The third-order valence-electron chi connectivity index (χ3n) is 2.71. The minimum absolute atomic E-state index is 0.353. The second-order valence-corrected chi connectivity index (χ2v) is 4.92. The van der Waals surface area contributed by atoms with Crippen LogP contribution in [0.4, 0.5) is 10.1 Å².